The second kappa shape index (κ2) is 7.48. The fourth-order valence-electron chi connectivity index (χ4n) is 2.01. The molecular weight excluding hydrogens is 324 g/mol. The van der Waals surface area contributed by atoms with Crippen LogP contribution in [0.1, 0.15) is 15.9 Å². The second-order valence-electron chi connectivity index (χ2n) is 4.89. The lowest BCUT2D eigenvalue weighted by Crippen LogP contribution is -2.12. The summed E-state index contributed by atoms with van der Waals surface area (Å²) in [5, 5.41) is 3.43. The van der Waals surface area contributed by atoms with E-state index in [0.29, 0.717) is 22.0 Å². The first kappa shape index (κ1) is 15.8. The average molecular weight is 337 g/mol. The van der Waals surface area contributed by atoms with Gasteiger partial charge in [-0.15, -0.1) is 0 Å². The van der Waals surface area contributed by atoms with Crippen LogP contribution in [0.2, 0.25) is 5.02 Å². The minimum atomic E-state index is -0.262. The molecule has 3 aromatic rings. The molecule has 2 heterocycles. The van der Waals surface area contributed by atoms with Crippen LogP contribution in [-0.4, -0.2) is 22.1 Å². The minimum absolute atomic E-state index is 0.262. The summed E-state index contributed by atoms with van der Waals surface area (Å²) in [7, 11) is 0. The summed E-state index contributed by atoms with van der Waals surface area (Å²) in [6.45, 7) is 0. The lowest BCUT2D eigenvalue weighted by Gasteiger charge is -2.07. The van der Waals surface area contributed by atoms with E-state index in [1.54, 1.807) is 61.3 Å². The SMILES string of the molecule is O=C(Nc1ccc(Cl)cc1)c1ccncc1/N=C/c1ccncc1. The summed E-state index contributed by atoms with van der Waals surface area (Å²) in [4.78, 5) is 24.8. The van der Waals surface area contributed by atoms with Crippen molar-refractivity contribution in [2.24, 2.45) is 4.99 Å². The van der Waals surface area contributed by atoms with E-state index in [2.05, 4.69) is 20.3 Å². The summed E-state index contributed by atoms with van der Waals surface area (Å²) >= 11 is 5.85. The summed E-state index contributed by atoms with van der Waals surface area (Å²) in [5.41, 5.74) is 2.47. The van der Waals surface area contributed by atoms with Gasteiger partial charge in [0.1, 0.15) is 0 Å². The molecule has 118 valence electrons. The van der Waals surface area contributed by atoms with Crippen LogP contribution in [0.4, 0.5) is 11.4 Å². The number of hydrogen-bond donors (Lipinski definition) is 1. The van der Waals surface area contributed by atoms with Crippen molar-refractivity contribution < 1.29 is 4.79 Å². The molecular formula is C18H13ClN4O. The number of benzene rings is 1. The zero-order chi connectivity index (χ0) is 16.8. The van der Waals surface area contributed by atoms with E-state index in [-0.39, 0.29) is 5.91 Å². The van der Waals surface area contributed by atoms with Gasteiger partial charge in [0.15, 0.2) is 0 Å². The van der Waals surface area contributed by atoms with Crippen molar-refractivity contribution in [2.75, 3.05) is 5.32 Å². The Balaban J connectivity index is 1.82. The Labute approximate surface area is 144 Å². The Morgan fingerprint density at radius 2 is 1.71 bits per heavy atom. The van der Waals surface area contributed by atoms with Gasteiger partial charge in [0, 0.05) is 35.5 Å². The highest BCUT2D eigenvalue weighted by Gasteiger charge is 2.11. The van der Waals surface area contributed by atoms with E-state index in [9.17, 15) is 4.79 Å². The van der Waals surface area contributed by atoms with E-state index in [0.717, 1.165) is 5.56 Å². The number of aromatic nitrogens is 2. The maximum atomic E-state index is 12.5. The van der Waals surface area contributed by atoms with Gasteiger partial charge in [-0.2, -0.15) is 0 Å². The standard InChI is InChI=1S/C18H13ClN4O/c19-14-1-3-15(4-2-14)23-18(24)16-7-10-21-12-17(16)22-11-13-5-8-20-9-6-13/h1-12H,(H,23,24)/b22-11+. The Morgan fingerprint density at radius 3 is 2.46 bits per heavy atom. The number of amides is 1. The molecule has 1 amide bonds. The first-order chi connectivity index (χ1) is 11.7. The van der Waals surface area contributed by atoms with Crippen LogP contribution >= 0.6 is 11.6 Å². The number of pyridine rings is 2. The summed E-state index contributed by atoms with van der Waals surface area (Å²) < 4.78 is 0. The molecule has 0 aliphatic rings. The molecule has 0 fully saturated rings. The highest BCUT2D eigenvalue weighted by atomic mass is 35.5. The topological polar surface area (TPSA) is 67.2 Å². The molecule has 6 heteroatoms. The number of halogens is 1. The van der Waals surface area contributed by atoms with Crippen LogP contribution in [0, 0.1) is 0 Å². The fourth-order valence-corrected chi connectivity index (χ4v) is 2.13. The van der Waals surface area contributed by atoms with E-state index in [4.69, 9.17) is 11.6 Å². The van der Waals surface area contributed by atoms with Crippen LogP contribution in [0.3, 0.4) is 0 Å². The third-order valence-corrected chi connectivity index (χ3v) is 3.46. The average Bonchev–Trinajstić information content (AvgIpc) is 2.63. The molecule has 0 saturated heterocycles. The second-order valence-corrected chi connectivity index (χ2v) is 5.33. The molecule has 0 spiro atoms. The molecule has 0 unspecified atom stereocenters. The molecule has 0 saturated carbocycles. The molecule has 0 bridgehead atoms. The van der Waals surface area contributed by atoms with Crippen molar-refractivity contribution >= 4 is 35.1 Å². The van der Waals surface area contributed by atoms with Crippen LogP contribution in [0.5, 0.6) is 0 Å². The number of aliphatic imine (C=N–C) groups is 1. The molecule has 2 aromatic heterocycles. The highest BCUT2D eigenvalue weighted by molar-refractivity contribution is 6.30. The number of nitrogens with one attached hydrogen (secondary N) is 1. The minimum Gasteiger partial charge on any atom is -0.322 e. The van der Waals surface area contributed by atoms with Crippen LogP contribution < -0.4 is 5.32 Å². The van der Waals surface area contributed by atoms with Crippen molar-refractivity contribution in [2.45, 2.75) is 0 Å². The molecule has 0 aliphatic heterocycles. The Kier molecular flexibility index (Phi) is 4.93. The van der Waals surface area contributed by atoms with Gasteiger partial charge in [0.2, 0.25) is 0 Å². The van der Waals surface area contributed by atoms with E-state index in [1.807, 2.05) is 12.1 Å². The quantitative estimate of drug-likeness (QED) is 0.728. The molecule has 1 aromatic carbocycles. The number of carbonyl (C=O) groups excluding carboxylic acids is 1. The van der Waals surface area contributed by atoms with Gasteiger partial charge >= 0.3 is 0 Å². The van der Waals surface area contributed by atoms with Gasteiger partial charge in [-0.05, 0) is 48.0 Å². The van der Waals surface area contributed by atoms with E-state index < -0.39 is 0 Å². The first-order valence-corrected chi connectivity index (χ1v) is 7.55. The zero-order valence-corrected chi connectivity index (χ0v) is 13.3. The van der Waals surface area contributed by atoms with Gasteiger partial charge in [0.25, 0.3) is 5.91 Å². The molecule has 0 aliphatic carbocycles. The van der Waals surface area contributed by atoms with Gasteiger partial charge in [-0.25, -0.2) is 0 Å². The predicted molar refractivity (Wildman–Crippen MR) is 95.1 cm³/mol. The molecule has 24 heavy (non-hydrogen) atoms. The van der Waals surface area contributed by atoms with Gasteiger partial charge in [0.05, 0.1) is 17.4 Å². The normalized spacial score (nSPS) is 10.7. The third-order valence-electron chi connectivity index (χ3n) is 3.21. The van der Waals surface area contributed by atoms with Gasteiger partial charge in [-0.3, -0.25) is 19.8 Å². The summed E-state index contributed by atoms with van der Waals surface area (Å²) in [6.07, 6.45) is 8.13. The predicted octanol–water partition coefficient (Wildman–Crippen LogP) is 4.13. The summed E-state index contributed by atoms with van der Waals surface area (Å²) in [6, 6.07) is 12.2. The third kappa shape index (κ3) is 4.02. The Morgan fingerprint density at radius 1 is 1.00 bits per heavy atom. The van der Waals surface area contributed by atoms with Crippen molar-refractivity contribution in [3.8, 4) is 0 Å². The molecule has 3 rings (SSSR count). The lowest BCUT2D eigenvalue weighted by atomic mass is 10.2. The molecule has 1 N–H and O–H groups in total. The lowest BCUT2D eigenvalue weighted by molar-refractivity contribution is 0.102. The Bertz CT molecular complexity index is 864. The number of rotatable bonds is 4. The molecule has 0 atom stereocenters. The molecule has 5 nitrogen and oxygen atoms in total. The highest BCUT2D eigenvalue weighted by Crippen LogP contribution is 2.20. The number of carbonyl (C=O) groups is 1. The fraction of sp³-hybridized carbons (Fsp3) is 0. The number of nitrogens with zero attached hydrogens (tertiary/aromatic N) is 3. The van der Waals surface area contributed by atoms with Gasteiger partial charge < -0.3 is 5.32 Å². The van der Waals surface area contributed by atoms with E-state index >= 15 is 0 Å². The smallest absolute Gasteiger partial charge is 0.257 e. The zero-order valence-electron chi connectivity index (χ0n) is 12.6. The Hall–Kier alpha value is -3.05. The molecule has 0 radical (unpaired) electrons. The van der Waals surface area contributed by atoms with E-state index in [1.165, 1.54) is 0 Å². The van der Waals surface area contributed by atoms with Crippen LogP contribution in [0.15, 0.2) is 72.2 Å². The van der Waals surface area contributed by atoms with Crippen LogP contribution in [0.25, 0.3) is 0 Å². The number of anilines is 1. The monoisotopic (exact) mass is 336 g/mol. The van der Waals surface area contributed by atoms with Crippen molar-refractivity contribution in [1.82, 2.24) is 9.97 Å². The maximum absolute atomic E-state index is 12.5. The van der Waals surface area contributed by atoms with Crippen molar-refractivity contribution in [1.29, 1.82) is 0 Å². The largest absolute Gasteiger partial charge is 0.322 e. The number of hydrogen-bond acceptors (Lipinski definition) is 4. The first-order valence-electron chi connectivity index (χ1n) is 7.17. The van der Waals surface area contributed by atoms with Gasteiger partial charge in [-0.1, -0.05) is 11.6 Å². The van der Waals surface area contributed by atoms with Crippen LogP contribution in [-0.2, 0) is 0 Å². The van der Waals surface area contributed by atoms with Crippen molar-refractivity contribution in [3.05, 3.63) is 83.4 Å². The van der Waals surface area contributed by atoms with Crippen molar-refractivity contribution in [3.63, 3.8) is 0 Å². The summed E-state index contributed by atoms with van der Waals surface area (Å²) in [5.74, 6) is -0.262. The maximum Gasteiger partial charge on any atom is 0.257 e.